The van der Waals surface area contributed by atoms with Crippen molar-refractivity contribution in [3.8, 4) is 0 Å². The fourth-order valence-corrected chi connectivity index (χ4v) is 1.53. The Morgan fingerprint density at radius 3 is 2.75 bits per heavy atom. The smallest absolute Gasteiger partial charge is 0.360 e. The van der Waals surface area contributed by atoms with Gasteiger partial charge < -0.3 is 15.0 Å². The molecule has 0 aromatic carbocycles. The summed E-state index contributed by atoms with van der Waals surface area (Å²) >= 11 is 0. The van der Waals surface area contributed by atoms with E-state index in [0.29, 0.717) is 12.4 Å². The van der Waals surface area contributed by atoms with Crippen LogP contribution < -0.4 is 5.73 Å². The van der Waals surface area contributed by atoms with E-state index in [1.165, 1.54) is 0 Å². The number of carbonyl (C=O) groups is 1. The van der Waals surface area contributed by atoms with E-state index in [9.17, 15) is 4.79 Å². The summed E-state index contributed by atoms with van der Waals surface area (Å²) in [6.07, 6.45) is 2.09. The van der Waals surface area contributed by atoms with Crippen LogP contribution in [0.2, 0.25) is 0 Å². The molecule has 0 aliphatic carbocycles. The number of esters is 1. The van der Waals surface area contributed by atoms with Crippen molar-refractivity contribution in [1.82, 2.24) is 9.55 Å². The summed E-state index contributed by atoms with van der Waals surface area (Å²) in [4.78, 5) is 15.7. The van der Waals surface area contributed by atoms with Gasteiger partial charge in [-0.3, -0.25) is 0 Å². The minimum atomic E-state index is -0.446. The van der Waals surface area contributed by atoms with E-state index in [4.69, 9.17) is 10.5 Å². The van der Waals surface area contributed by atoms with Crippen molar-refractivity contribution >= 4 is 11.8 Å². The van der Waals surface area contributed by atoms with Crippen LogP contribution in [0, 0.1) is 6.92 Å². The number of anilines is 1. The first-order valence-corrected chi connectivity index (χ1v) is 5.61. The molecule has 90 valence electrons. The number of nitrogen functional groups attached to an aromatic ring is 1. The topological polar surface area (TPSA) is 70.1 Å². The zero-order valence-corrected chi connectivity index (χ0v) is 10.1. The zero-order valence-electron chi connectivity index (χ0n) is 10.1. The monoisotopic (exact) mass is 225 g/mol. The first kappa shape index (κ1) is 12.5. The number of hydrogen-bond acceptors (Lipinski definition) is 4. The Morgan fingerprint density at radius 2 is 2.19 bits per heavy atom. The second-order valence-electron chi connectivity index (χ2n) is 3.62. The zero-order chi connectivity index (χ0) is 12.1. The largest absolute Gasteiger partial charge is 0.461 e. The Hall–Kier alpha value is -1.52. The minimum absolute atomic E-state index is 0.232. The summed E-state index contributed by atoms with van der Waals surface area (Å²) in [6, 6.07) is 0. The number of nitrogens with zero attached hydrogens (tertiary/aromatic N) is 2. The Morgan fingerprint density at radius 1 is 1.50 bits per heavy atom. The van der Waals surface area contributed by atoms with Crippen LogP contribution in [0.15, 0.2) is 0 Å². The van der Waals surface area contributed by atoms with Crippen LogP contribution >= 0.6 is 0 Å². The molecule has 0 fully saturated rings. The number of carbonyl (C=O) groups excluding carboxylic acids is 1. The average molecular weight is 225 g/mol. The Labute approximate surface area is 95.6 Å². The molecular weight excluding hydrogens is 206 g/mol. The van der Waals surface area contributed by atoms with Gasteiger partial charge in [0.05, 0.1) is 6.61 Å². The standard InChI is InChI=1S/C11H19N3O2/c1-4-6-7-14-8(3)13-9(10(14)12)11(15)16-5-2/h4-7,12H2,1-3H3. The SMILES string of the molecule is CCCCn1c(C)nc(C(=O)OCC)c1N. The van der Waals surface area contributed by atoms with Crippen LogP contribution in [-0.2, 0) is 11.3 Å². The molecule has 5 nitrogen and oxygen atoms in total. The Kier molecular flexibility index (Phi) is 4.34. The number of hydrogen-bond donors (Lipinski definition) is 1. The van der Waals surface area contributed by atoms with Crippen LogP contribution in [0.25, 0.3) is 0 Å². The van der Waals surface area contributed by atoms with E-state index < -0.39 is 5.97 Å². The van der Waals surface area contributed by atoms with Crippen LogP contribution in [0.3, 0.4) is 0 Å². The normalized spacial score (nSPS) is 10.4. The molecule has 0 amide bonds. The summed E-state index contributed by atoms with van der Waals surface area (Å²) < 4.78 is 6.74. The van der Waals surface area contributed by atoms with Gasteiger partial charge in [-0.15, -0.1) is 0 Å². The summed E-state index contributed by atoms with van der Waals surface area (Å²) in [5.41, 5.74) is 6.11. The summed E-state index contributed by atoms with van der Waals surface area (Å²) in [7, 11) is 0. The third-order valence-electron chi connectivity index (χ3n) is 2.40. The van der Waals surface area contributed by atoms with Crippen LogP contribution in [-0.4, -0.2) is 22.1 Å². The maximum Gasteiger partial charge on any atom is 0.360 e. The number of unbranched alkanes of at least 4 members (excludes halogenated alkanes) is 1. The average Bonchev–Trinajstić information content (AvgIpc) is 2.53. The van der Waals surface area contributed by atoms with Crippen LogP contribution in [0.1, 0.15) is 43.0 Å². The molecule has 0 aliphatic rings. The quantitative estimate of drug-likeness (QED) is 0.775. The van der Waals surface area contributed by atoms with Gasteiger partial charge in [0.2, 0.25) is 0 Å². The highest BCUT2D eigenvalue weighted by Gasteiger charge is 2.19. The lowest BCUT2D eigenvalue weighted by molar-refractivity contribution is 0.0521. The van der Waals surface area contributed by atoms with E-state index in [1.54, 1.807) is 6.92 Å². The second kappa shape index (κ2) is 5.53. The molecule has 0 bridgehead atoms. The van der Waals surface area contributed by atoms with Gasteiger partial charge in [-0.1, -0.05) is 13.3 Å². The first-order chi connectivity index (χ1) is 7.61. The van der Waals surface area contributed by atoms with Crippen LogP contribution in [0.4, 0.5) is 5.82 Å². The summed E-state index contributed by atoms with van der Waals surface area (Å²) in [5.74, 6) is 0.719. The molecule has 0 radical (unpaired) electrons. The van der Waals surface area contributed by atoms with E-state index >= 15 is 0 Å². The predicted octanol–water partition coefficient (Wildman–Crippen LogP) is 1.75. The number of aryl methyl sites for hydroxylation is 1. The maximum atomic E-state index is 11.5. The molecule has 0 spiro atoms. The Balaban J connectivity index is 2.92. The molecule has 0 atom stereocenters. The lowest BCUT2D eigenvalue weighted by atomic mass is 10.3. The maximum absolute atomic E-state index is 11.5. The van der Waals surface area contributed by atoms with Crippen LogP contribution in [0.5, 0.6) is 0 Å². The fraction of sp³-hybridized carbons (Fsp3) is 0.636. The van der Waals surface area contributed by atoms with Gasteiger partial charge in [0, 0.05) is 6.54 Å². The van der Waals surface area contributed by atoms with Gasteiger partial charge in [0.25, 0.3) is 0 Å². The lowest BCUT2D eigenvalue weighted by Crippen LogP contribution is -2.10. The molecule has 1 aromatic rings. The van der Waals surface area contributed by atoms with Crippen molar-refractivity contribution in [2.75, 3.05) is 12.3 Å². The fourth-order valence-electron chi connectivity index (χ4n) is 1.53. The molecule has 0 aliphatic heterocycles. The number of rotatable bonds is 5. The lowest BCUT2D eigenvalue weighted by Gasteiger charge is -2.06. The number of ether oxygens (including phenoxy) is 1. The highest BCUT2D eigenvalue weighted by Crippen LogP contribution is 2.16. The van der Waals surface area contributed by atoms with Gasteiger partial charge in [-0.05, 0) is 20.3 Å². The second-order valence-corrected chi connectivity index (χ2v) is 3.62. The van der Waals surface area contributed by atoms with Crippen molar-refractivity contribution < 1.29 is 9.53 Å². The van der Waals surface area contributed by atoms with Crippen molar-refractivity contribution in [3.63, 3.8) is 0 Å². The molecular formula is C11H19N3O2. The number of imidazole rings is 1. The molecule has 1 heterocycles. The predicted molar refractivity (Wildman–Crippen MR) is 62.2 cm³/mol. The van der Waals surface area contributed by atoms with E-state index in [0.717, 1.165) is 25.2 Å². The van der Waals surface area contributed by atoms with Crippen molar-refractivity contribution in [2.24, 2.45) is 0 Å². The molecule has 0 unspecified atom stereocenters. The van der Waals surface area contributed by atoms with E-state index in [1.807, 2.05) is 11.5 Å². The number of nitrogens with two attached hydrogens (primary N) is 1. The molecule has 16 heavy (non-hydrogen) atoms. The third kappa shape index (κ3) is 2.53. The van der Waals surface area contributed by atoms with E-state index in [-0.39, 0.29) is 5.69 Å². The van der Waals surface area contributed by atoms with Crippen molar-refractivity contribution in [3.05, 3.63) is 11.5 Å². The Bertz CT molecular complexity index is 372. The van der Waals surface area contributed by atoms with Gasteiger partial charge in [-0.2, -0.15) is 0 Å². The minimum Gasteiger partial charge on any atom is -0.461 e. The molecule has 5 heteroatoms. The first-order valence-electron chi connectivity index (χ1n) is 5.61. The molecule has 1 rings (SSSR count). The molecule has 0 saturated heterocycles. The molecule has 1 aromatic heterocycles. The highest BCUT2D eigenvalue weighted by molar-refractivity contribution is 5.92. The van der Waals surface area contributed by atoms with Gasteiger partial charge in [0.1, 0.15) is 11.6 Å². The van der Waals surface area contributed by atoms with Gasteiger partial charge in [0.15, 0.2) is 5.69 Å². The summed E-state index contributed by atoms with van der Waals surface area (Å²) in [6.45, 7) is 6.83. The van der Waals surface area contributed by atoms with E-state index in [2.05, 4.69) is 11.9 Å². The highest BCUT2D eigenvalue weighted by atomic mass is 16.5. The summed E-state index contributed by atoms with van der Waals surface area (Å²) in [5, 5.41) is 0. The third-order valence-corrected chi connectivity index (χ3v) is 2.40. The molecule has 2 N–H and O–H groups in total. The number of aromatic nitrogens is 2. The van der Waals surface area contributed by atoms with Crippen molar-refractivity contribution in [1.29, 1.82) is 0 Å². The van der Waals surface area contributed by atoms with Gasteiger partial charge >= 0.3 is 5.97 Å². The van der Waals surface area contributed by atoms with Gasteiger partial charge in [-0.25, -0.2) is 9.78 Å². The van der Waals surface area contributed by atoms with Crippen molar-refractivity contribution in [2.45, 2.75) is 40.2 Å². The molecule has 0 saturated carbocycles.